The number of benzene rings is 2. The molecule has 2 aliphatic rings. The number of hydrogen-bond donors (Lipinski definition) is 1. The van der Waals surface area contributed by atoms with Gasteiger partial charge < -0.3 is 14.6 Å². The van der Waals surface area contributed by atoms with Crippen LogP contribution in [-0.2, 0) is 11.2 Å². The summed E-state index contributed by atoms with van der Waals surface area (Å²) in [7, 11) is 3.59. The molecule has 0 saturated heterocycles. The van der Waals surface area contributed by atoms with Crippen molar-refractivity contribution >= 4 is 5.97 Å². The van der Waals surface area contributed by atoms with Gasteiger partial charge in [0.15, 0.2) is 0 Å². The molecule has 2 heterocycles. The number of fused-ring (bicyclic) bond motifs is 1. The number of aliphatic carboxylic acids is 1. The normalized spacial score (nSPS) is 18.9. The molecule has 1 saturated carbocycles. The van der Waals surface area contributed by atoms with E-state index in [9.17, 15) is 9.90 Å². The molecule has 1 aliphatic carbocycles. The number of halogens is 1. The van der Waals surface area contributed by atoms with Gasteiger partial charge in [0.2, 0.25) is 5.88 Å². The molecule has 2 aromatic carbocycles. The molecule has 6 nitrogen and oxygen atoms in total. The molecule has 40 heavy (non-hydrogen) atoms. The number of pyridine rings is 1. The lowest BCUT2D eigenvalue weighted by atomic mass is 9.82. The highest BCUT2D eigenvalue weighted by molar-refractivity contribution is 5.71. The van der Waals surface area contributed by atoms with Crippen LogP contribution in [0.5, 0.6) is 11.6 Å². The number of hydrogen-bond acceptors (Lipinski definition) is 5. The molecule has 1 aliphatic heterocycles. The predicted octanol–water partition coefficient (Wildman–Crippen LogP) is 7.19. The summed E-state index contributed by atoms with van der Waals surface area (Å²) in [5, 5.41) is 9.73. The third-order valence-electron chi connectivity index (χ3n) is 8.87. The maximum Gasteiger partial charge on any atom is 0.306 e. The Kier molecular flexibility index (Phi) is 8.13. The van der Waals surface area contributed by atoms with Crippen LogP contribution in [0.4, 0.5) is 4.39 Å². The number of methoxy groups -OCH3 is 1. The first-order valence-electron chi connectivity index (χ1n) is 14.3. The van der Waals surface area contributed by atoms with Crippen molar-refractivity contribution in [3.05, 3.63) is 76.7 Å². The molecule has 1 unspecified atom stereocenters. The van der Waals surface area contributed by atoms with Crippen LogP contribution in [0, 0.1) is 17.7 Å². The second-order valence-electron chi connectivity index (χ2n) is 11.3. The van der Waals surface area contributed by atoms with Crippen LogP contribution in [-0.4, -0.2) is 41.7 Å². The van der Waals surface area contributed by atoms with Crippen molar-refractivity contribution in [3.8, 4) is 22.8 Å². The molecule has 4 atom stereocenters. The second kappa shape index (κ2) is 11.6. The monoisotopic (exact) mass is 546 g/mol. The van der Waals surface area contributed by atoms with E-state index in [1.807, 2.05) is 19.1 Å². The van der Waals surface area contributed by atoms with Crippen LogP contribution >= 0.6 is 0 Å². The van der Waals surface area contributed by atoms with Crippen LogP contribution in [0.25, 0.3) is 11.1 Å². The molecule has 0 amide bonds. The Labute approximate surface area is 236 Å². The number of carboxylic acid groups (broad SMARTS) is 1. The van der Waals surface area contributed by atoms with Crippen LogP contribution in [0.15, 0.2) is 48.7 Å². The molecular formula is C33H39FN2O4. The lowest BCUT2D eigenvalue weighted by Gasteiger charge is -2.31. The summed E-state index contributed by atoms with van der Waals surface area (Å²) in [6, 6.07) is 14.1. The zero-order valence-electron chi connectivity index (χ0n) is 24.0. The van der Waals surface area contributed by atoms with Crippen LogP contribution in [0.3, 0.4) is 0 Å². The smallest absolute Gasteiger partial charge is 0.306 e. The fraction of sp³-hybridized carbons (Fsp3) is 0.455. The second-order valence-corrected chi connectivity index (χ2v) is 11.3. The Morgan fingerprint density at radius 3 is 2.60 bits per heavy atom. The topological polar surface area (TPSA) is 71.9 Å². The summed E-state index contributed by atoms with van der Waals surface area (Å²) >= 11 is 0. The van der Waals surface area contributed by atoms with Gasteiger partial charge in [0, 0.05) is 17.7 Å². The Bertz CT molecular complexity index is 1390. The third-order valence-corrected chi connectivity index (χ3v) is 8.87. The number of rotatable bonds is 10. The van der Waals surface area contributed by atoms with E-state index < -0.39 is 17.7 Å². The van der Waals surface area contributed by atoms with E-state index in [1.165, 1.54) is 13.3 Å². The quantitative estimate of drug-likeness (QED) is 0.290. The first-order chi connectivity index (χ1) is 19.2. The molecule has 0 spiro atoms. The molecular weight excluding hydrogens is 507 g/mol. The molecule has 1 aromatic heterocycles. The van der Waals surface area contributed by atoms with Crippen molar-refractivity contribution in [1.29, 1.82) is 0 Å². The molecule has 0 radical (unpaired) electrons. The summed E-state index contributed by atoms with van der Waals surface area (Å²) in [6.45, 7) is 6.90. The van der Waals surface area contributed by atoms with E-state index in [1.54, 1.807) is 6.07 Å². The highest BCUT2D eigenvalue weighted by atomic mass is 19.1. The summed E-state index contributed by atoms with van der Waals surface area (Å²) in [4.78, 5) is 18.1. The number of ether oxygens (including phenoxy) is 2. The van der Waals surface area contributed by atoms with Gasteiger partial charge in [0.25, 0.3) is 0 Å². The number of aryl methyl sites for hydroxylation is 1. The van der Waals surface area contributed by atoms with Crippen molar-refractivity contribution in [3.63, 3.8) is 0 Å². The van der Waals surface area contributed by atoms with Crippen molar-refractivity contribution < 1.29 is 23.8 Å². The minimum atomic E-state index is -0.754. The minimum Gasteiger partial charge on any atom is -0.485 e. The number of aromatic nitrogens is 1. The van der Waals surface area contributed by atoms with Gasteiger partial charge in [-0.1, -0.05) is 38.1 Å². The van der Waals surface area contributed by atoms with Crippen molar-refractivity contribution in [2.45, 2.75) is 64.5 Å². The van der Waals surface area contributed by atoms with Gasteiger partial charge >= 0.3 is 5.97 Å². The molecule has 212 valence electrons. The fourth-order valence-corrected chi connectivity index (χ4v) is 6.03. The van der Waals surface area contributed by atoms with Gasteiger partial charge in [-0.05, 0) is 98.0 Å². The largest absolute Gasteiger partial charge is 0.485 e. The van der Waals surface area contributed by atoms with E-state index in [2.05, 4.69) is 55.0 Å². The zero-order valence-corrected chi connectivity index (χ0v) is 24.0. The summed E-state index contributed by atoms with van der Waals surface area (Å²) in [5.74, 6) is 0.0363. The lowest BCUT2D eigenvalue weighted by molar-refractivity contribution is -0.142. The summed E-state index contributed by atoms with van der Waals surface area (Å²) in [5.41, 5.74) is 5.53. The van der Waals surface area contributed by atoms with Gasteiger partial charge in [-0.2, -0.15) is 0 Å². The number of carbonyl (C=O) groups is 1. The van der Waals surface area contributed by atoms with Crippen molar-refractivity contribution in [1.82, 2.24) is 9.88 Å². The average molecular weight is 547 g/mol. The van der Waals surface area contributed by atoms with Gasteiger partial charge in [0.05, 0.1) is 19.2 Å². The first kappa shape index (κ1) is 28.1. The van der Waals surface area contributed by atoms with Gasteiger partial charge in [-0.15, -0.1) is 0 Å². The Morgan fingerprint density at radius 1 is 1.15 bits per heavy atom. The molecule has 1 fully saturated rings. The Hall–Kier alpha value is -3.45. The highest BCUT2D eigenvalue weighted by Crippen LogP contribution is 2.48. The SMILES string of the molecule is CCN(C)C(C)c1cc([C@@H]2CCc3ccc([C@H](C4CC4)[C@@H](C)C(=O)O)cc3O2)ccc1-c1cc(OC)ncc1F. The predicted molar refractivity (Wildman–Crippen MR) is 153 cm³/mol. The number of nitrogens with zero attached hydrogens (tertiary/aromatic N) is 2. The van der Waals surface area contributed by atoms with Gasteiger partial charge in [-0.3, -0.25) is 9.69 Å². The first-order valence-corrected chi connectivity index (χ1v) is 14.3. The van der Waals surface area contributed by atoms with E-state index in [-0.39, 0.29) is 18.1 Å². The fourth-order valence-electron chi connectivity index (χ4n) is 6.03. The highest BCUT2D eigenvalue weighted by Gasteiger charge is 2.39. The van der Waals surface area contributed by atoms with E-state index in [0.717, 1.165) is 65.8 Å². The molecule has 1 N–H and O–H groups in total. The van der Waals surface area contributed by atoms with Crippen molar-refractivity contribution in [2.24, 2.45) is 11.8 Å². The van der Waals surface area contributed by atoms with E-state index in [4.69, 9.17) is 9.47 Å². The molecule has 0 bridgehead atoms. The van der Waals surface area contributed by atoms with E-state index in [0.29, 0.717) is 17.4 Å². The Balaban J connectivity index is 1.49. The molecule has 5 rings (SSSR count). The van der Waals surface area contributed by atoms with Crippen LogP contribution < -0.4 is 9.47 Å². The lowest BCUT2D eigenvalue weighted by Crippen LogP contribution is -2.23. The molecule has 7 heteroatoms. The summed E-state index contributed by atoms with van der Waals surface area (Å²) < 4.78 is 26.9. The van der Waals surface area contributed by atoms with Crippen LogP contribution in [0.1, 0.15) is 80.4 Å². The third kappa shape index (κ3) is 5.57. The van der Waals surface area contributed by atoms with Gasteiger partial charge in [-0.25, -0.2) is 9.37 Å². The van der Waals surface area contributed by atoms with E-state index >= 15 is 4.39 Å². The van der Waals surface area contributed by atoms with Crippen LogP contribution in [0.2, 0.25) is 0 Å². The standard InChI is InChI=1S/C33H39FN2O4/c1-6-36(4)20(3)26-15-23(11-13-25(26)27-17-31(39-5)35-18-28(27)34)29-14-12-21-7-10-24(16-30(21)40-29)32(22-8-9-22)19(2)33(37)38/h7,10-11,13,15-20,22,29,32H,6,8-9,12,14H2,1-5H3,(H,37,38)/t19-,20?,29+,32+/m1/s1. The molecule has 3 aromatic rings. The maximum absolute atomic E-state index is 15.0. The number of carboxylic acids is 1. The minimum absolute atomic E-state index is 0.00431. The maximum atomic E-state index is 15.0. The summed E-state index contributed by atoms with van der Waals surface area (Å²) in [6.07, 6.45) is 4.92. The van der Waals surface area contributed by atoms with Gasteiger partial charge in [0.1, 0.15) is 17.7 Å². The zero-order chi connectivity index (χ0) is 28.6. The average Bonchev–Trinajstić information content (AvgIpc) is 3.81. The van der Waals surface area contributed by atoms with Crippen molar-refractivity contribution in [2.75, 3.05) is 20.7 Å². The Morgan fingerprint density at radius 2 is 1.93 bits per heavy atom.